The minimum absolute atomic E-state index is 0.163. The molecule has 4 rings (SSSR count). The zero-order chi connectivity index (χ0) is 18.7. The quantitative estimate of drug-likeness (QED) is 0.602. The number of anilines is 1. The normalized spacial score (nSPS) is 20.4. The molecule has 0 spiro atoms. The summed E-state index contributed by atoms with van der Waals surface area (Å²) in [7, 11) is 0. The van der Waals surface area contributed by atoms with Crippen molar-refractivity contribution in [2.75, 3.05) is 18.4 Å². The maximum atomic E-state index is 11.2. The average Bonchev–Trinajstić information content (AvgIpc) is 3.21. The molecule has 0 bridgehead atoms. The molecule has 0 aromatic heterocycles. The summed E-state index contributed by atoms with van der Waals surface area (Å²) in [5.74, 6) is 0. The Morgan fingerprint density at radius 2 is 1.59 bits per heavy atom. The van der Waals surface area contributed by atoms with Gasteiger partial charge < -0.3 is 5.32 Å². The summed E-state index contributed by atoms with van der Waals surface area (Å²) in [5.41, 5.74) is 2.44. The summed E-state index contributed by atoms with van der Waals surface area (Å²) in [4.78, 5) is 13.6. The highest BCUT2D eigenvalue weighted by molar-refractivity contribution is 5.61. The monoisotopic (exact) mass is 365 g/mol. The van der Waals surface area contributed by atoms with Gasteiger partial charge in [0.05, 0.1) is 4.92 Å². The second kappa shape index (κ2) is 7.69. The van der Waals surface area contributed by atoms with Gasteiger partial charge >= 0.3 is 0 Å². The van der Waals surface area contributed by atoms with Gasteiger partial charge in [0.2, 0.25) is 0 Å². The standard InChI is InChI=1S/C22H27N3O2/c26-25(27)21-11-5-4-10-20(21)23-19-12-16-24(17-13-19)22(14-6-7-15-22)18-8-2-1-3-9-18/h1-5,8-11,19,23H,6-7,12-17H2. The first-order chi connectivity index (χ1) is 13.2. The van der Waals surface area contributed by atoms with Crippen molar-refractivity contribution in [1.82, 2.24) is 4.90 Å². The largest absolute Gasteiger partial charge is 0.377 e. The molecule has 1 heterocycles. The van der Waals surface area contributed by atoms with E-state index in [1.54, 1.807) is 12.1 Å². The topological polar surface area (TPSA) is 58.4 Å². The zero-order valence-corrected chi connectivity index (χ0v) is 15.6. The fourth-order valence-electron chi connectivity index (χ4n) is 4.92. The van der Waals surface area contributed by atoms with E-state index in [1.807, 2.05) is 12.1 Å². The van der Waals surface area contributed by atoms with Crippen LogP contribution in [0.25, 0.3) is 0 Å². The van der Waals surface area contributed by atoms with Crippen molar-refractivity contribution in [3.63, 3.8) is 0 Å². The van der Waals surface area contributed by atoms with Gasteiger partial charge in [-0.05, 0) is 37.3 Å². The summed E-state index contributed by atoms with van der Waals surface area (Å²) >= 11 is 0. The Morgan fingerprint density at radius 1 is 0.963 bits per heavy atom. The molecule has 0 unspecified atom stereocenters. The number of nitro benzene ring substituents is 1. The Morgan fingerprint density at radius 3 is 2.26 bits per heavy atom. The number of nitro groups is 1. The van der Waals surface area contributed by atoms with Crippen LogP contribution in [0, 0.1) is 10.1 Å². The lowest BCUT2D eigenvalue weighted by atomic mass is 9.84. The van der Waals surface area contributed by atoms with Crippen LogP contribution in [0.15, 0.2) is 54.6 Å². The number of rotatable bonds is 5. The number of benzene rings is 2. The SMILES string of the molecule is O=[N+]([O-])c1ccccc1NC1CCN(C2(c3ccccc3)CCCC2)CC1. The summed E-state index contributed by atoms with van der Waals surface area (Å²) in [6, 6.07) is 18.2. The van der Waals surface area contributed by atoms with Crippen molar-refractivity contribution in [3.05, 3.63) is 70.3 Å². The molecule has 1 aliphatic carbocycles. The third-order valence-electron chi connectivity index (χ3n) is 6.30. The fraction of sp³-hybridized carbons (Fsp3) is 0.455. The first-order valence-corrected chi connectivity index (χ1v) is 10.00. The van der Waals surface area contributed by atoms with E-state index in [-0.39, 0.29) is 22.2 Å². The Kier molecular flexibility index (Phi) is 5.12. The summed E-state index contributed by atoms with van der Waals surface area (Å²) in [5, 5.41) is 14.7. The van der Waals surface area contributed by atoms with Crippen molar-refractivity contribution < 1.29 is 4.92 Å². The van der Waals surface area contributed by atoms with E-state index in [2.05, 4.69) is 40.5 Å². The number of hydrogen-bond acceptors (Lipinski definition) is 4. The summed E-state index contributed by atoms with van der Waals surface area (Å²) in [6.07, 6.45) is 7.09. The van der Waals surface area contributed by atoms with E-state index < -0.39 is 0 Å². The van der Waals surface area contributed by atoms with Crippen molar-refractivity contribution in [1.29, 1.82) is 0 Å². The molecule has 142 valence electrons. The van der Waals surface area contributed by atoms with Gasteiger partial charge in [-0.25, -0.2) is 0 Å². The van der Waals surface area contributed by atoms with Crippen LogP contribution in [0.2, 0.25) is 0 Å². The smallest absolute Gasteiger partial charge is 0.292 e. The highest BCUT2D eigenvalue weighted by atomic mass is 16.6. The van der Waals surface area contributed by atoms with E-state index in [9.17, 15) is 10.1 Å². The molecule has 1 saturated heterocycles. The number of hydrogen-bond donors (Lipinski definition) is 1. The highest BCUT2D eigenvalue weighted by Gasteiger charge is 2.42. The minimum Gasteiger partial charge on any atom is -0.377 e. The lowest BCUT2D eigenvalue weighted by Gasteiger charge is -2.46. The van der Waals surface area contributed by atoms with Crippen molar-refractivity contribution >= 4 is 11.4 Å². The third kappa shape index (κ3) is 3.56. The second-order valence-corrected chi connectivity index (χ2v) is 7.78. The van der Waals surface area contributed by atoms with Crippen LogP contribution in [0.3, 0.4) is 0 Å². The molecule has 5 heteroatoms. The Balaban J connectivity index is 1.45. The lowest BCUT2D eigenvalue weighted by molar-refractivity contribution is -0.384. The molecule has 0 atom stereocenters. The average molecular weight is 365 g/mol. The Labute approximate surface area is 160 Å². The van der Waals surface area contributed by atoms with Gasteiger partial charge in [-0.3, -0.25) is 15.0 Å². The first kappa shape index (κ1) is 18.0. The van der Waals surface area contributed by atoms with Crippen LogP contribution in [-0.4, -0.2) is 29.0 Å². The molecular formula is C22H27N3O2. The van der Waals surface area contributed by atoms with Gasteiger partial charge in [-0.1, -0.05) is 55.3 Å². The molecule has 2 aromatic carbocycles. The predicted molar refractivity (Wildman–Crippen MR) is 108 cm³/mol. The van der Waals surface area contributed by atoms with Crippen LogP contribution in [-0.2, 0) is 5.54 Å². The van der Waals surface area contributed by atoms with Crippen LogP contribution in [0.5, 0.6) is 0 Å². The third-order valence-corrected chi connectivity index (χ3v) is 6.30. The Bertz CT molecular complexity index is 779. The van der Waals surface area contributed by atoms with Crippen molar-refractivity contribution in [2.45, 2.75) is 50.1 Å². The van der Waals surface area contributed by atoms with E-state index in [1.165, 1.54) is 31.2 Å². The van der Waals surface area contributed by atoms with E-state index >= 15 is 0 Å². The molecule has 2 fully saturated rings. The molecule has 0 radical (unpaired) electrons. The minimum atomic E-state index is -0.305. The van der Waals surface area contributed by atoms with E-state index in [0.29, 0.717) is 5.69 Å². The predicted octanol–water partition coefficient (Wildman–Crippen LogP) is 4.94. The number of para-hydroxylation sites is 2. The van der Waals surface area contributed by atoms with Gasteiger partial charge in [0.25, 0.3) is 5.69 Å². The fourth-order valence-corrected chi connectivity index (χ4v) is 4.92. The van der Waals surface area contributed by atoms with Crippen LogP contribution < -0.4 is 5.32 Å². The zero-order valence-electron chi connectivity index (χ0n) is 15.6. The highest BCUT2D eigenvalue weighted by Crippen LogP contribution is 2.45. The van der Waals surface area contributed by atoms with E-state index in [4.69, 9.17) is 0 Å². The van der Waals surface area contributed by atoms with Crippen LogP contribution in [0.4, 0.5) is 11.4 Å². The molecule has 0 amide bonds. The first-order valence-electron chi connectivity index (χ1n) is 10.00. The molecule has 2 aromatic rings. The van der Waals surface area contributed by atoms with Crippen LogP contribution >= 0.6 is 0 Å². The number of piperidine rings is 1. The number of likely N-dealkylation sites (tertiary alicyclic amines) is 1. The van der Waals surface area contributed by atoms with Gasteiger partial charge in [0.15, 0.2) is 0 Å². The maximum absolute atomic E-state index is 11.2. The van der Waals surface area contributed by atoms with E-state index in [0.717, 1.165) is 25.9 Å². The van der Waals surface area contributed by atoms with Crippen molar-refractivity contribution in [3.8, 4) is 0 Å². The van der Waals surface area contributed by atoms with Gasteiger partial charge in [0, 0.05) is 30.7 Å². The summed E-state index contributed by atoms with van der Waals surface area (Å²) in [6.45, 7) is 2.07. The maximum Gasteiger partial charge on any atom is 0.292 e. The number of nitrogens with zero attached hydrogens (tertiary/aromatic N) is 2. The molecule has 5 nitrogen and oxygen atoms in total. The van der Waals surface area contributed by atoms with Gasteiger partial charge in [-0.15, -0.1) is 0 Å². The van der Waals surface area contributed by atoms with Crippen molar-refractivity contribution in [2.24, 2.45) is 0 Å². The molecule has 27 heavy (non-hydrogen) atoms. The number of nitrogens with one attached hydrogen (secondary N) is 1. The van der Waals surface area contributed by atoms with Gasteiger partial charge in [0.1, 0.15) is 5.69 Å². The molecule has 1 saturated carbocycles. The molecule has 2 aliphatic rings. The molecule has 1 N–H and O–H groups in total. The Hall–Kier alpha value is -2.40. The lowest BCUT2D eigenvalue weighted by Crippen LogP contribution is -2.50. The molecule has 1 aliphatic heterocycles. The van der Waals surface area contributed by atoms with Crippen LogP contribution in [0.1, 0.15) is 44.1 Å². The molecular weight excluding hydrogens is 338 g/mol. The summed E-state index contributed by atoms with van der Waals surface area (Å²) < 4.78 is 0. The second-order valence-electron chi connectivity index (χ2n) is 7.78. The van der Waals surface area contributed by atoms with Gasteiger partial charge in [-0.2, -0.15) is 0 Å².